The van der Waals surface area contributed by atoms with E-state index in [-0.39, 0.29) is 6.10 Å². The van der Waals surface area contributed by atoms with Gasteiger partial charge in [-0.15, -0.1) is 0 Å². The highest BCUT2D eigenvalue weighted by atomic mass is 127. The second-order valence-electron chi connectivity index (χ2n) is 7.76. The smallest absolute Gasteiger partial charge is 0.0540 e. The van der Waals surface area contributed by atoms with Crippen molar-refractivity contribution in [3.8, 4) is 0 Å². The molecule has 0 spiro atoms. The van der Waals surface area contributed by atoms with Crippen LogP contribution in [0.4, 0.5) is 0 Å². The topological polar surface area (TPSA) is 20.2 Å². The van der Waals surface area contributed by atoms with E-state index in [1.807, 2.05) is 0 Å². The van der Waals surface area contributed by atoms with Gasteiger partial charge in [-0.1, -0.05) is 19.9 Å². The van der Waals surface area contributed by atoms with Crippen LogP contribution in [-0.2, 0) is 0 Å². The molecule has 0 bridgehead atoms. The molecule has 0 saturated heterocycles. The molecule has 0 amide bonds. The van der Waals surface area contributed by atoms with Gasteiger partial charge in [0, 0.05) is 5.41 Å². The van der Waals surface area contributed by atoms with Crippen LogP contribution in [0.5, 0.6) is 0 Å². The maximum absolute atomic E-state index is 9.76. The van der Waals surface area contributed by atoms with Crippen molar-refractivity contribution in [2.75, 3.05) is 0 Å². The van der Waals surface area contributed by atoms with Crippen molar-refractivity contribution in [2.24, 2.45) is 22.7 Å². The molecule has 3 rings (SSSR count). The molecule has 19 heavy (non-hydrogen) atoms. The Balaban J connectivity index is 1.69. The first-order chi connectivity index (χ1) is 8.94. The minimum absolute atomic E-state index is 0.0176. The summed E-state index contributed by atoms with van der Waals surface area (Å²) in [7, 11) is 0. The highest BCUT2D eigenvalue weighted by molar-refractivity contribution is 14.1. The third-order valence-corrected chi connectivity index (χ3v) is 8.36. The lowest BCUT2D eigenvalue weighted by Gasteiger charge is -2.49. The highest BCUT2D eigenvalue weighted by Gasteiger charge is 2.48. The number of fused-ring (bicyclic) bond motifs is 1. The summed E-state index contributed by atoms with van der Waals surface area (Å²) in [5.41, 5.74) is 1.01. The molecule has 3 atom stereocenters. The van der Waals surface area contributed by atoms with E-state index in [2.05, 4.69) is 42.5 Å². The van der Waals surface area contributed by atoms with Gasteiger partial charge < -0.3 is 5.11 Å². The monoisotopic (exact) mass is 374 g/mol. The summed E-state index contributed by atoms with van der Waals surface area (Å²) in [6.45, 7) is 4.99. The molecule has 2 saturated carbocycles. The van der Waals surface area contributed by atoms with Gasteiger partial charge in [-0.3, -0.25) is 0 Å². The molecular weight excluding hydrogens is 347 g/mol. The average molecular weight is 374 g/mol. The third kappa shape index (κ3) is 2.41. The number of hydrogen-bond acceptors (Lipinski definition) is 1. The number of rotatable bonds is 1. The Morgan fingerprint density at radius 3 is 2.47 bits per heavy atom. The summed E-state index contributed by atoms with van der Waals surface area (Å²) >= 11 is 2.58. The van der Waals surface area contributed by atoms with Crippen LogP contribution < -0.4 is 0 Å². The van der Waals surface area contributed by atoms with Gasteiger partial charge in [0.25, 0.3) is 0 Å². The fraction of sp³-hybridized carbons (Fsp3) is 0.882. The van der Waals surface area contributed by atoms with Crippen molar-refractivity contribution >= 4 is 22.6 Å². The molecule has 2 fully saturated rings. The molecule has 0 aromatic heterocycles. The van der Waals surface area contributed by atoms with Crippen molar-refractivity contribution in [3.63, 3.8) is 0 Å². The quantitative estimate of drug-likeness (QED) is 0.635. The Labute approximate surface area is 131 Å². The molecule has 0 aromatic carbocycles. The standard InChI is InChI=1S/C17H27IO/c1-16(8-6-14(19)7-9-16)12-5-10-17(2)13(11-12)3-4-15(17)18/h4,12-14,19H,3,5-11H2,1-2H3/t12?,13?,14-,16-,17-/m0/s1. The fourth-order valence-electron chi connectivity index (χ4n) is 4.85. The Morgan fingerprint density at radius 1 is 1.11 bits per heavy atom. The summed E-state index contributed by atoms with van der Waals surface area (Å²) in [4.78, 5) is 0. The van der Waals surface area contributed by atoms with Crippen molar-refractivity contribution in [1.29, 1.82) is 0 Å². The summed E-state index contributed by atoms with van der Waals surface area (Å²) in [6.07, 6.45) is 12.5. The van der Waals surface area contributed by atoms with E-state index >= 15 is 0 Å². The van der Waals surface area contributed by atoms with Gasteiger partial charge in [0.15, 0.2) is 0 Å². The largest absolute Gasteiger partial charge is 0.393 e. The van der Waals surface area contributed by atoms with E-state index in [9.17, 15) is 5.11 Å². The molecule has 2 unspecified atom stereocenters. The molecule has 0 radical (unpaired) electrons. The maximum Gasteiger partial charge on any atom is 0.0540 e. The van der Waals surface area contributed by atoms with Gasteiger partial charge in [-0.2, -0.15) is 0 Å². The molecule has 2 heteroatoms. The van der Waals surface area contributed by atoms with Crippen LogP contribution in [0.2, 0.25) is 0 Å². The Bertz CT molecular complexity index is 381. The normalized spacial score (nSPS) is 50.7. The first-order valence-corrected chi connectivity index (χ1v) is 9.06. The summed E-state index contributed by atoms with van der Waals surface area (Å²) in [5.74, 6) is 1.79. The van der Waals surface area contributed by atoms with Crippen LogP contribution in [0.1, 0.15) is 65.2 Å². The van der Waals surface area contributed by atoms with E-state index in [0.717, 1.165) is 24.7 Å². The van der Waals surface area contributed by atoms with Crippen LogP contribution >= 0.6 is 22.6 Å². The zero-order chi connectivity index (χ0) is 13.7. The first kappa shape index (κ1) is 14.4. The van der Waals surface area contributed by atoms with E-state index in [0.29, 0.717) is 10.8 Å². The average Bonchev–Trinajstić information content (AvgIpc) is 2.69. The predicted molar refractivity (Wildman–Crippen MR) is 88.2 cm³/mol. The summed E-state index contributed by atoms with van der Waals surface area (Å²) in [6, 6.07) is 0. The summed E-state index contributed by atoms with van der Waals surface area (Å²) in [5, 5.41) is 9.76. The zero-order valence-electron chi connectivity index (χ0n) is 12.3. The van der Waals surface area contributed by atoms with Crippen LogP contribution in [0.3, 0.4) is 0 Å². The Kier molecular flexibility index (Phi) is 3.79. The maximum atomic E-state index is 9.76. The lowest BCUT2D eigenvalue weighted by molar-refractivity contribution is -0.00375. The van der Waals surface area contributed by atoms with Crippen LogP contribution in [0.15, 0.2) is 9.66 Å². The van der Waals surface area contributed by atoms with Crippen molar-refractivity contribution in [1.82, 2.24) is 0 Å². The second kappa shape index (κ2) is 5.01. The molecular formula is C17H27IO. The molecule has 1 N–H and O–H groups in total. The van der Waals surface area contributed by atoms with Crippen molar-refractivity contribution in [3.05, 3.63) is 9.66 Å². The van der Waals surface area contributed by atoms with Gasteiger partial charge >= 0.3 is 0 Å². The van der Waals surface area contributed by atoms with E-state index in [1.165, 1.54) is 38.5 Å². The number of hydrogen-bond donors (Lipinski definition) is 1. The number of aliphatic hydroxyl groups is 1. The van der Waals surface area contributed by atoms with E-state index < -0.39 is 0 Å². The first-order valence-electron chi connectivity index (χ1n) is 7.98. The lowest BCUT2D eigenvalue weighted by Crippen LogP contribution is -2.40. The third-order valence-electron chi connectivity index (χ3n) is 6.69. The lowest BCUT2D eigenvalue weighted by atomic mass is 9.56. The van der Waals surface area contributed by atoms with Crippen LogP contribution in [-0.4, -0.2) is 11.2 Å². The summed E-state index contributed by atoms with van der Waals surface area (Å²) < 4.78 is 1.62. The molecule has 1 nitrogen and oxygen atoms in total. The molecule has 3 aliphatic rings. The number of aliphatic hydroxyl groups excluding tert-OH is 1. The van der Waals surface area contributed by atoms with Crippen molar-refractivity contribution in [2.45, 2.75) is 71.3 Å². The SMILES string of the molecule is C[C@]12CCC([C@]3(C)CC[C@@H](O)CC3)CC1CC=C2I. The molecule has 0 aliphatic heterocycles. The number of allylic oxidation sites excluding steroid dienone is 2. The second-order valence-corrected chi connectivity index (χ2v) is 8.92. The Morgan fingerprint density at radius 2 is 1.79 bits per heavy atom. The van der Waals surface area contributed by atoms with Crippen molar-refractivity contribution < 1.29 is 5.11 Å². The van der Waals surface area contributed by atoms with Gasteiger partial charge in [-0.05, 0) is 94.8 Å². The highest BCUT2D eigenvalue weighted by Crippen LogP contribution is 2.60. The molecule has 0 heterocycles. The van der Waals surface area contributed by atoms with Crippen LogP contribution in [0.25, 0.3) is 0 Å². The van der Waals surface area contributed by atoms with Gasteiger partial charge in [0.05, 0.1) is 6.10 Å². The molecule has 108 valence electrons. The Hall–Kier alpha value is 0.430. The number of halogens is 1. The molecule has 0 aromatic rings. The minimum Gasteiger partial charge on any atom is -0.393 e. The van der Waals surface area contributed by atoms with Gasteiger partial charge in [0.2, 0.25) is 0 Å². The zero-order valence-corrected chi connectivity index (χ0v) is 14.4. The minimum atomic E-state index is -0.0176. The van der Waals surface area contributed by atoms with Crippen LogP contribution in [0, 0.1) is 22.7 Å². The molecule has 3 aliphatic carbocycles. The fourth-order valence-corrected chi connectivity index (χ4v) is 5.82. The van der Waals surface area contributed by atoms with E-state index in [4.69, 9.17) is 0 Å². The van der Waals surface area contributed by atoms with Gasteiger partial charge in [0.1, 0.15) is 0 Å². The predicted octanol–water partition coefficient (Wildman–Crippen LogP) is 5.07. The van der Waals surface area contributed by atoms with E-state index in [1.54, 1.807) is 3.58 Å². The van der Waals surface area contributed by atoms with Gasteiger partial charge in [-0.25, -0.2) is 0 Å².